The first kappa shape index (κ1) is 12.8. The van der Waals surface area contributed by atoms with E-state index >= 15 is 0 Å². The molecule has 1 saturated heterocycles. The lowest BCUT2D eigenvalue weighted by molar-refractivity contribution is 0.0925. The molecule has 1 atom stereocenters. The molecule has 0 spiro atoms. The third-order valence-corrected chi connectivity index (χ3v) is 3.19. The molecule has 96 valence electrons. The topological polar surface area (TPSA) is 36.3 Å². The third-order valence-electron chi connectivity index (χ3n) is 3.19. The molecule has 0 saturated carbocycles. The summed E-state index contributed by atoms with van der Waals surface area (Å²) in [5.41, 5.74) is -0.0563. The van der Waals surface area contributed by atoms with Gasteiger partial charge in [0, 0.05) is 6.54 Å². The maximum Gasteiger partial charge on any atom is 0.183 e. The minimum Gasteiger partial charge on any atom is -0.377 e. The SMILES string of the molecule is CCC1COCCN1c1ccc(C#N)c(F)c1F. The van der Waals surface area contributed by atoms with Crippen LogP contribution in [0.4, 0.5) is 14.5 Å². The molecule has 0 aromatic heterocycles. The molecule has 1 aliphatic rings. The van der Waals surface area contributed by atoms with Gasteiger partial charge >= 0.3 is 0 Å². The van der Waals surface area contributed by atoms with Crippen LogP contribution in [-0.2, 0) is 4.74 Å². The van der Waals surface area contributed by atoms with E-state index in [1.54, 1.807) is 6.07 Å². The van der Waals surface area contributed by atoms with E-state index in [0.29, 0.717) is 19.8 Å². The fraction of sp³-hybridized carbons (Fsp3) is 0.462. The van der Waals surface area contributed by atoms with Gasteiger partial charge in [-0.3, -0.25) is 0 Å². The highest BCUT2D eigenvalue weighted by Gasteiger charge is 2.26. The fourth-order valence-corrected chi connectivity index (χ4v) is 2.16. The average Bonchev–Trinajstić information content (AvgIpc) is 2.42. The molecule has 0 aliphatic carbocycles. The summed E-state index contributed by atoms with van der Waals surface area (Å²) in [6.45, 7) is 3.51. The Morgan fingerprint density at radius 3 is 2.89 bits per heavy atom. The molecule has 2 rings (SSSR count). The van der Waals surface area contributed by atoms with Crippen molar-refractivity contribution in [2.75, 3.05) is 24.7 Å². The highest BCUT2D eigenvalue weighted by atomic mass is 19.2. The Labute approximate surface area is 105 Å². The Morgan fingerprint density at radius 2 is 2.22 bits per heavy atom. The summed E-state index contributed by atoms with van der Waals surface area (Å²) in [7, 11) is 0. The van der Waals surface area contributed by atoms with Crippen molar-refractivity contribution >= 4 is 5.69 Å². The van der Waals surface area contributed by atoms with Crippen LogP contribution in [0.1, 0.15) is 18.9 Å². The first-order valence-electron chi connectivity index (χ1n) is 5.91. The molecule has 0 bridgehead atoms. The zero-order valence-electron chi connectivity index (χ0n) is 10.1. The highest BCUT2D eigenvalue weighted by Crippen LogP contribution is 2.27. The van der Waals surface area contributed by atoms with E-state index in [-0.39, 0.29) is 17.3 Å². The van der Waals surface area contributed by atoms with E-state index in [9.17, 15) is 8.78 Å². The maximum atomic E-state index is 13.9. The van der Waals surface area contributed by atoms with Crippen LogP contribution in [0.25, 0.3) is 0 Å². The molecule has 1 unspecified atom stereocenters. The number of hydrogen-bond donors (Lipinski definition) is 0. The van der Waals surface area contributed by atoms with Crippen molar-refractivity contribution in [2.45, 2.75) is 19.4 Å². The molecule has 0 amide bonds. The number of ether oxygens (including phenoxy) is 1. The van der Waals surface area contributed by atoms with E-state index in [0.717, 1.165) is 6.42 Å². The molecule has 3 nitrogen and oxygen atoms in total. The number of rotatable bonds is 2. The standard InChI is InChI=1S/C13H14F2N2O/c1-2-10-8-18-6-5-17(10)11-4-3-9(7-16)12(14)13(11)15/h3-4,10H,2,5-6,8H2,1H3. The minimum atomic E-state index is -1.07. The number of nitrogens with zero attached hydrogens (tertiary/aromatic N) is 2. The molecule has 0 radical (unpaired) electrons. The van der Waals surface area contributed by atoms with Crippen LogP contribution in [0, 0.1) is 23.0 Å². The van der Waals surface area contributed by atoms with Crippen molar-refractivity contribution in [3.63, 3.8) is 0 Å². The Kier molecular flexibility index (Phi) is 3.78. The number of anilines is 1. The second-order valence-electron chi connectivity index (χ2n) is 4.20. The lowest BCUT2D eigenvalue weighted by atomic mass is 10.1. The van der Waals surface area contributed by atoms with Gasteiger partial charge in [0.05, 0.1) is 30.5 Å². The van der Waals surface area contributed by atoms with E-state index in [4.69, 9.17) is 10.00 Å². The van der Waals surface area contributed by atoms with Crippen molar-refractivity contribution in [1.29, 1.82) is 5.26 Å². The van der Waals surface area contributed by atoms with Gasteiger partial charge in [0.1, 0.15) is 6.07 Å². The van der Waals surface area contributed by atoms with Crippen molar-refractivity contribution in [1.82, 2.24) is 0 Å². The van der Waals surface area contributed by atoms with Gasteiger partial charge < -0.3 is 9.64 Å². The van der Waals surface area contributed by atoms with Crippen LogP contribution < -0.4 is 4.90 Å². The van der Waals surface area contributed by atoms with Crippen LogP contribution in [0.3, 0.4) is 0 Å². The van der Waals surface area contributed by atoms with Gasteiger partial charge in [-0.05, 0) is 18.6 Å². The Bertz CT molecular complexity index is 485. The molecule has 5 heteroatoms. The zero-order valence-corrected chi connectivity index (χ0v) is 10.1. The Morgan fingerprint density at radius 1 is 1.44 bits per heavy atom. The first-order valence-corrected chi connectivity index (χ1v) is 5.91. The Balaban J connectivity index is 2.38. The quantitative estimate of drug-likeness (QED) is 0.811. The van der Waals surface area contributed by atoms with Gasteiger partial charge in [0.2, 0.25) is 0 Å². The number of benzene rings is 1. The second-order valence-corrected chi connectivity index (χ2v) is 4.20. The summed E-state index contributed by atoms with van der Waals surface area (Å²) in [6.07, 6.45) is 0.793. The lowest BCUT2D eigenvalue weighted by Gasteiger charge is -2.37. The van der Waals surface area contributed by atoms with Crippen LogP contribution in [0.2, 0.25) is 0 Å². The van der Waals surface area contributed by atoms with Gasteiger partial charge in [-0.2, -0.15) is 5.26 Å². The number of nitriles is 1. The summed E-state index contributed by atoms with van der Waals surface area (Å²) < 4.78 is 32.9. The van der Waals surface area contributed by atoms with Crippen molar-refractivity contribution in [3.8, 4) is 6.07 Å². The molecule has 18 heavy (non-hydrogen) atoms. The molecule has 0 N–H and O–H groups in total. The predicted molar refractivity (Wildman–Crippen MR) is 63.3 cm³/mol. The van der Waals surface area contributed by atoms with E-state index in [1.165, 1.54) is 12.1 Å². The van der Waals surface area contributed by atoms with Gasteiger partial charge in [0.15, 0.2) is 11.6 Å². The molecular formula is C13H14F2N2O. The summed E-state index contributed by atoms with van der Waals surface area (Å²) >= 11 is 0. The summed E-state index contributed by atoms with van der Waals surface area (Å²) in [6, 6.07) is 4.45. The third kappa shape index (κ3) is 2.16. The Hall–Kier alpha value is -1.67. The number of morpholine rings is 1. The molecule has 1 aliphatic heterocycles. The maximum absolute atomic E-state index is 13.9. The van der Waals surface area contributed by atoms with E-state index in [2.05, 4.69) is 0 Å². The summed E-state index contributed by atoms with van der Waals surface area (Å²) in [5.74, 6) is -2.02. The van der Waals surface area contributed by atoms with Crippen LogP contribution in [0.5, 0.6) is 0 Å². The van der Waals surface area contributed by atoms with Crippen molar-refractivity contribution < 1.29 is 13.5 Å². The van der Waals surface area contributed by atoms with Crippen LogP contribution in [0.15, 0.2) is 12.1 Å². The first-order chi connectivity index (χ1) is 8.69. The average molecular weight is 252 g/mol. The second kappa shape index (κ2) is 5.32. The van der Waals surface area contributed by atoms with E-state index in [1.807, 2.05) is 11.8 Å². The van der Waals surface area contributed by atoms with Gasteiger partial charge in [-0.15, -0.1) is 0 Å². The van der Waals surface area contributed by atoms with Gasteiger partial charge in [-0.1, -0.05) is 6.92 Å². The van der Waals surface area contributed by atoms with Crippen LogP contribution in [-0.4, -0.2) is 25.8 Å². The molecule has 1 aromatic carbocycles. The lowest BCUT2D eigenvalue weighted by Crippen LogP contribution is -2.45. The molecule has 1 fully saturated rings. The predicted octanol–water partition coefficient (Wildman–Crippen LogP) is 2.45. The number of hydrogen-bond acceptors (Lipinski definition) is 3. The number of halogens is 2. The molecular weight excluding hydrogens is 238 g/mol. The highest BCUT2D eigenvalue weighted by molar-refractivity contribution is 5.53. The zero-order chi connectivity index (χ0) is 13.1. The van der Waals surface area contributed by atoms with Gasteiger partial charge in [0.25, 0.3) is 0 Å². The summed E-state index contributed by atoms with van der Waals surface area (Å²) in [5, 5.41) is 8.65. The monoisotopic (exact) mass is 252 g/mol. The largest absolute Gasteiger partial charge is 0.377 e. The van der Waals surface area contributed by atoms with Crippen molar-refractivity contribution in [2.24, 2.45) is 0 Å². The van der Waals surface area contributed by atoms with Gasteiger partial charge in [-0.25, -0.2) is 8.78 Å². The van der Waals surface area contributed by atoms with E-state index < -0.39 is 11.6 Å². The smallest absolute Gasteiger partial charge is 0.183 e. The van der Waals surface area contributed by atoms with Crippen molar-refractivity contribution in [3.05, 3.63) is 29.3 Å². The summed E-state index contributed by atoms with van der Waals surface area (Å²) in [4.78, 5) is 1.81. The van der Waals surface area contributed by atoms with Crippen LogP contribution >= 0.6 is 0 Å². The molecule has 1 aromatic rings. The minimum absolute atomic E-state index is 0.0422. The molecule has 1 heterocycles. The normalized spacial score (nSPS) is 19.7. The fourth-order valence-electron chi connectivity index (χ4n) is 2.16.